The van der Waals surface area contributed by atoms with E-state index in [2.05, 4.69) is 34.7 Å². The zero-order valence-electron chi connectivity index (χ0n) is 11.7. The van der Waals surface area contributed by atoms with Crippen LogP contribution >= 0.6 is 0 Å². The average Bonchev–Trinajstić information content (AvgIpc) is 3.15. The van der Waals surface area contributed by atoms with E-state index >= 15 is 0 Å². The molecule has 0 amide bonds. The lowest BCUT2D eigenvalue weighted by Crippen LogP contribution is -1.89. The molecular formula is C15H24N2. The average molecular weight is 232 g/mol. The van der Waals surface area contributed by atoms with Gasteiger partial charge in [-0.25, -0.2) is 4.98 Å². The van der Waals surface area contributed by atoms with E-state index in [0.29, 0.717) is 0 Å². The number of aromatic nitrogens is 2. The summed E-state index contributed by atoms with van der Waals surface area (Å²) in [6, 6.07) is 7.21. The maximum absolute atomic E-state index is 4.40. The van der Waals surface area contributed by atoms with Gasteiger partial charge in [-0.1, -0.05) is 33.8 Å². The fourth-order valence-electron chi connectivity index (χ4n) is 1.79. The summed E-state index contributed by atoms with van der Waals surface area (Å²) >= 11 is 0. The van der Waals surface area contributed by atoms with Gasteiger partial charge in [0.15, 0.2) is 0 Å². The van der Waals surface area contributed by atoms with Crippen molar-refractivity contribution in [1.82, 2.24) is 9.55 Å². The number of imidazole rings is 1. The van der Waals surface area contributed by atoms with E-state index in [1.165, 1.54) is 23.9 Å². The summed E-state index contributed by atoms with van der Waals surface area (Å²) in [6.45, 7) is 10.1. The van der Waals surface area contributed by atoms with E-state index in [9.17, 15) is 0 Å². The standard InChI is InChI=1S/C11H12N2.2C2H6/c1-8-2-5-11-10(6-8)12-7-13(11)9-3-4-9;2*1-2/h2,5-7,9H,3-4H2,1H3;2*1-2H3. The van der Waals surface area contributed by atoms with Crippen LogP contribution in [-0.2, 0) is 0 Å². The van der Waals surface area contributed by atoms with Gasteiger partial charge in [0.2, 0.25) is 0 Å². The highest BCUT2D eigenvalue weighted by atomic mass is 15.1. The molecule has 1 saturated carbocycles. The lowest BCUT2D eigenvalue weighted by molar-refractivity contribution is 0.766. The third-order valence-electron chi connectivity index (χ3n) is 2.67. The minimum Gasteiger partial charge on any atom is -0.327 e. The van der Waals surface area contributed by atoms with Gasteiger partial charge in [-0.2, -0.15) is 0 Å². The van der Waals surface area contributed by atoms with Crippen LogP contribution in [0.25, 0.3) is 11.0 Å². The van der Waals surface area contributed by atoms with Crippen LogP contribution in [0.5, 0.6) is 0 Å². The largest absolute Gasteiger partial charge is 0.327 e. The van der Waals surface area contributed by atoms with E-state index in [-0.39, 0.29) is 0 Å². The second kappa shape index (κ2) is 6.43. The predicted molar refractivity (Wildman–Crippen MR) is 75.4 cm³/mol. The lowest BCUT2D eigenvalue weighted by Gasteiger charge is -1.99. The molecule has 0 spiro atoms. The number of hydrogen-bond donors (Lipinski definition) is 0. The van der Waals surface area contributed by atoms with Gasteiger partial charge in [0.05, 0.1) is 17.4 Å². The van der Waals surface area contributed by atoms with Crippen LogP contribution in [-0.4, -0.2) is 9.55 Å². The van der Waals surface area contributed by atoms with Crippen LogP contribution in [0.4, 0.5) is 0 Å². The van der Waals surface area contributed by atoms with Crippen molar-refractivity contribution < 1.29 is 0 Å². The van der Waals surface area contributed by atoms with E-state index in [1.54, 1.807) is 0 Å². The van der Waals surface area contributed by atoms with Crippen molar-refractivity contribution in [3.05, 3.63) is 30.1 Å². The Labute approximate surface area is 105 Å². The Balaban J connectivity index is 0.000000330. The SMILES string of the molecule is CC.CC.Cc1ccc2c(c1)ncn2C1CC1. The Bertz CT molecular complexity index is 453. The highest BCUT2D eigenvalue weighted by Crippen LogP contribution is 2.36. The van der Waals surface area contributed by atoms with Gasteiger partial charge >= 0.3 is 0 Å². The molecule has 0 saturated heterocycles. The Morgan fingerprint density at radius 3 is 2.35 bits per heavy atom. The van der Waals surface area contributed by atoms with Gasteiger partial charge in [-0.3, -0.25) is 0 Å². The van der Waals surface area contributed by atoms with Crippen molar-refractivity contribution in [1.29, 1.82) is 0 Å². The first-order valence-corrected chi connectivity index (χ1v) is 6.78. The Morgan fingerprint density at radius 2 is 1.76 bits per heavy atom. The number of rotatable bonds is 1. The minimum absolute atomic E-state index is 0.729. The van der Waals surface area contributed by atoms with Gasteiger partial charge in [0, 0.05) is 6.04 Å². The second-order valence-corrected chi connectivity index (χ2v) is 3.88. The lowest BCUT2D eigenvalue weighted by atomic mass is 10.2. The van der Waals surface area contributed by atoms with E-state index < -0.39 is 0 Å². The highest BCUT2D eigenvalue weighted by molar-refractivity contribution is 5.76. The number of aryl methyl sites for hydroxylation is 1. The van der Waals surface area contributed by atoms with E-state index in [0.717, 1.165) is 11.6 Å². The highest BCUT2D eigenvalue weighted by Gasteiger charge is 2.24. The monoisotopic (exact) mass is 232 g/mol. The van der Waals surface area contributed by atoms with Gasteiger partial charge in [-0.05, 0) is 37.5 Å². The normalized spacial score (nSPS) is 13.5. The van der Waals surface area contributed by atoms with Crippen LogP contribution in [0, 0.1) is 6.92 Å². The molecule has 0 aliphatic heterocycles. The summed E-state index contributed by atoms with van der Waals surface area (Å²) in [7, 11) is 0. The van der Waals surface area contributed by atoms with Crippen molar-refractivity contribution >= 4 is 11.0 Å². The van der Waals surface area contributed by atoms with Crippen LogP contribution in [0.2, 0.25) is 0 Å². The van der Waals surface area contributed by atoms with Crippen molar-refractivity contribution in [2.24, 2.45) is 0 Å². The molecule has 0 bridgehead atoms. The zero-order chi connectivity index (χ0) is 12.8. The molecule has 0 atom stereocenters. The van der Waals surface area contributed by atoms with E-state index in [4.69, 9.17) is 0 Å². The van der Waals surface area contributed by atoms with Crippen LogP contribution in [0.15, 0.2) is 24.5 Å². The van der Waals surface area contributed by atoms with Crippen molar-refractivity contribution in [3.8, 4) is 0 Å². The van der Waals surface area contributed by atoms with Crippen LogP contribution < -0.4 is 0 Å². The van der Waals surface area contributed by atoms with Crippen molar-refractivity contribution in [2.75, 3.05) is 0 Å². The third kappa shape index (κ3) is 3.09. The maximum atomic E-state index is 4.40. The summed E-state index contributed by atoms with van der Waals surface area (Å²) in [5.74, 6) is 0. The summed E-state index contributed by atoms with van der Waals surface area (Å²) in [5.41, 5.74) is 3.70. The first kappa shape index (κ1) is 13.8. The van der Waals surface area contributed by atoms with Gasteiger partial charge in [0.25, 0.3) is 0 Å². The quantitative estimate of drug-likeness (QED) is 0.695. The fraction of sp³-hybridized carbons (Fsp3) is 0.533. The summed E-state index contributed by atoms with van der Waals surface area (Å²) in [4.78, 5) is 4.40. The smallest absolute Gasteiger partial charge is 0.0960 e. The third-order valence-corrected chi connectivity index (χ3v) is 2.67. The van der Waals surface area contributed by atoms with Gasteiger partial charge in [0.1, 0.15) is 0 Å². The molecule has 1 heterocycles. The Hall–Kier alpha value is -1.31. The first-order chi connectivity index (χ1) is 8.34. The Kier molecular flexibility index (Phi) is 5.20. The van der Waals surface area contributed by atoms with Gasteiger partial charge in [-0.15, -0.1) is 0 Å². The molecule has 0 radical (unpaired) electrons. The Morgan fingerprint density at radius 1 is 1.12 bits per heavy atom. The molecule has 2 aromatic rings. The molecule has 1 aliphatic rings. The van der Waals surface area contributed by atoms with Crippen molar-refractivity contribution in [2.45, 2.75) is 53.5 Å². The van der Waals surface area contributed by atoms with Gasteiger partial charge < -0.3 is 4.57 Å². The number of benzene rings is 1. The summed E-state index contributed by atoms with van der Waals surface area (Å²) in [5, 5.41) is 0. The molecule has 3 rings (SSSR count). The molecule has 1 aromatic heterocycles. The van der Waals surface area contributed by atoms with Crippen molar-refractivity contribution in [3.63, 3.8) is 0 Å². The van der Waals surface area contributed by atoms with E-state index in [1.807, 2.05) is 34.0 Å². The molecule has 1 fully saturated rings. The molecule has 17 heavy (non-hydrogen) atoms. The number of hydrogen-bond acceptors (Lipinski definition) is 1. The summed E-state index contributed by atoms with van der Waals surface area (Å²) in [6.07, 6.45) is 4.61. The molecule has 1 aromatic carbocycles. The molecule has 1 aliphatic carbocycles. The molecule has 0 unspecified atom stereocenters. The molecule has 2 nitrogen and oxygen atoms in total. The molecular weight excluding hydrogens is 208 g/mol. The van der Waals surface area contributed by atoms with Crippen LogP contribution in [0.3, 0.4) is 0 Å². The minimum atomic E-state index is 0.729. The molecule has 2 heteroatoms. The first-order valence-electron chi connectivity index (χ1n) is 6.78. The number of nitrogens with zero attached hydrogens (tertiary/aromatic N) is 2. The number of fused-ring (bicyclic) bond motifs is 1. The molecule has 0 N–H and O–H groups in total. The summed E-state index contributed by atoms with van der Waals surface area (Å²) < 4.78 is 2.30. The topological polar surface area (TPSA) is 17.8 Å². The second-order valence-electron chi connectivity index (χ2n) is 3.88. The van der Waals surface area contributed by atoms with Crippen LogP contribution in [0.1, 0.15) is 52.1 Å². The molecule has 94 valence electrons. The maximum Gasteiger partial charge on any atom is 0.0960 e. The fourth-order valence-corrected chi connectivity index (χ4v) is 1.79. The zero-order valence-corrected chi connectivity index (χ0v) is 11.7. The predicted octanol–water partition coefficient (Wildman–Crippen LogP) is 4.73.